The molecule has 0 aromatic carbocycles. The SMILES string of the molecule is CC(C)(C)OC(=O)N(CCNCCC1CC1)C(C)(C)C. The number of amides is 1. The monoisotopic (exact) mass is 284 g/mol. The van der Waals surface area contributed by atoms with Crippen molar-refractivity contribution in [3.05, 3.63) is 0 Å². The van der Waals surface area contributed by atoms with Gasteiger partial charge < -0.3 is 15.0 Å². The highest BCUT2D eigenvalue weighted by atomic mass is 16.6. The third kappa shape index (κ3) is 7.13. The zero-order chi connectivity index (χ0) is 15.4. The minimum absolute atomic E-state index is 0.222. The Bertz CT molecular complexity index is 311. The first kappa shape index (κ1) is 17.3. The average Bonchev–Trinajstić information content (AvgIpc) is 3.02. The number of carbonyl (C=O) groups excluding carboxylic acids is 1. The molecular weight excluding hydrogens is 252 g/mol. The van der Waals surface area contributed by atoms with E-state index in [0.717, 1.165) is 19.0 Å². The van der Waals surface area contributed by atoms with Crippen molar-refractivity contribution < 1.29 is 9.53 Å². The normalized spacial score (nSPS) is 16.1. The molecule has 0 unspecified atom stereocenters. The molecule has 0 radical (unpaired) electrons. The van der Waals surface area contributed by atoms with Crippen LogP contribution in [0.3, 0.4) is 0 Å². The number of rotatable bonds is 6. The van der Waals surface area contributed by atoms with Crippen molar-refractivity contribution in [1.29, 1.82) is 0 Å². The zero-order valence-corrected chi connectivity index (χ0v) is 14.1. The summed E-state index contributed by atoms with van der Waals surface area (Å²) >= 11 is 0. The Balaban J connectivity index is 2.36. The van der Waals surface area contributed by atoms with Crippen LogP contribution in [0, 0.1) is 5.92 Å². The third-order valence-corrected chi connectivity index (χ3v) is 3.36. The van der Waals surface area contributed by atoms with Crippen molar-refractivity contribution in [3.63, 3.8) is 0 Å². The molecule has 0 saturated heterocycles. The number of ether oxygens (including phenoxy) is 1. The molecule has 0 bridgehead atoms. The summed E-state index contributed by atoms with van der Waals surface area (Å²) in [4.78, 5) is 14.1. The molecule has 1 rings (SSSR count). The molecule has 0 atom stereocenters. The number of nitrogens with zero attached hydrogens (tertiary/aromatic N) is 1. The van der Waals surface area contributed by atoms with E-state index >= 15 is 0 Å². The van der Waals surface area contributed by atoms with Gasteiger partial charge in [-0.05, 0) is 60.4 Å². The highest BCUT2D eigenvalue weighted by Gasteiger charge is 2.30. The first-order valence-corrected chi connectivity index (χ1v) is 7.81. The second-order valence-electron chi connectivity index (χ2n) is 7.78. The fourth-order valence-corrected chi connectivity index (χ4v) is 2.05. The Morgan fingerprint density at radius 2 is 1.75 bits per heavy atom. The number of hydrogen-bond acceptors (Lipinski definition) is 3. The number of nitrogens with one attached hydrogen (secondary N) is 1. The molecule has 118 valence electrons. The molecule has 1 amide bonds. The molecule has 1 aliphatic carbocycles. The number of hydrogen-bond donors (Lipinski definition) is 1. The zero-order valence-electron chi connectivity index (χ0n) is 14.1. The second-order valence-corrected chi connectivity index (χ2v) is 7.78. The van der Waals surface area contributed by atoms with E-state index in [1.54, 1.807) is 0 Å². The summed E-state index contributed by atoms with van der Waals surface area (Å²) in [6, 6.07) is 0. The Labute approximate surface area is 124 Å². The van der Waals surface area contributed by atoms with E-state index in [1.807, 2.05) is 46.4 Å². The molecule has 0 aromatic rings. The molecule has 20 heavy (non-hydrogen) atoms. The van der Waals surface area contributed by atoms with E-state index < -0.39 is 5.60 Å². The highest BCUT2D eigenvalue weighted by Crippen LogP contribution is 2.31. The van der Waals surface area contributed by atoms with Crippen LogP contribution in [0.25, 0.3) is 0 Å². The van der Waals surface area contributed by atoms with E-state index in [0.29, 0.717) is 6.54 Å². The Kier molecular flexibility index (Phi) is 5.87. The van der Waals surface area contributed by atoms with Crippen LogP contribution in [0.5, 0.6) is 0 Å². The smallest absolute Gasteiger partial charge is 0.410 e. The van der Waals surface area contributed by atoms with Crippen LogP contribution in [0.1, 0.15) is 60.8 Å². The van der Waals surface area contributed by atoms with Crippen molar-refractivity contribution >= 4 is 6.09 Å². The van der Waals surface area contributed by atoms with Crippen LogP contribution < -0.4 is 5.32 Å². The van der Waals surface area contributed by atoms with Crippen LogP contribution in [0.15, 0.2) is 0 Å². The van der Waals surface area contributed by atoms with E-state index in [1.165, 1.54) is 19.3 Å². The summed E-state index contributed by atoms with van der Waals surface area (Å²) in [5, 5.41) is 3.43. The summed E-state index contributed by atoms with van der Waals surface area (Å²) < 4.78 is 5.49. The Hall–Kier alpha value is -0.770. The summed E-state index contributed by atoms with van der Waals surface area (Å²) in [7, 11) is 0. The van der Waals surface area contributed by atoms with Gasteiger partial charge in [0.15, 0.2) is 0 Å². The van der Waals surface area contributed by atoms with E-state index in [9.17, 15) is 4.79 Å². The lowest BCUT2D eigenvalue weighted by atomic mass is 10.1. The molecule has 4 nitrogen and oxygen atoms in total. The molecular formula is C16H32N2O2. The molecule has 1 saturated carbocycles. The fraction of sp³-hybridized carbons (Fsp3) is 0.938. The summed E-state index contributed by atoms with van der Waals surface area (Å²) in [6.45, 7) is 14.4. The van der Waals surface area contributed by atoms with Gasteiger partial charge in [0.05, 0.1) is 0 Å². The largest absolute Gasteiger partial charge is 0.444 e. The van der Waals surface area contributed by atoms with Crippen LogP contribution in [0.2, 0.25) is 0 Å². The van der Waals surface area contributed by atoms with Gasteiger partial charge in [-0.2, -0.15) is 0 Å². The predicted molar refractivity (Wildman–Crippen MR) is 82.9 cm³/mol. The van der Waals surface area contributed by atoms with E-state index in [4.69, 9.17) is 4.74 Å². The van der Waals surface area contributed by atoms with Crippen LogP contribution in [0.4, 0.5) is 4.79 Å². The van der Waals surface area contributed by atoms with Gasteiger partial charge in [0.1, 0.15) is 5.60 Å². The lowest BCUT2D eigenvalue weighted by molar-refractivity contribution is 0.00665. The average molecular weight is 284 g/mol. The summed E-state index contributed by atoms with van der Waals surface area (Å²) in [5.41, 5.74) is -0.666. The van der Waals surface area contributed by atoms with Crippen molar-refractivity contribution in [1.82, 2.24) is 10.2 Å². The molecule has 1 N–H and O–H groups in total. The molecule has 1 fully saturated rings. The molecule has 4 heteroatoms. The molecule has 0 aromatic heterocycles. The molecule has 1 aliphatic rings. The van der Waals surface area contributed by atoms with Crippen LogP contribution >= 0.6 is 0 Å². The molecule has 0 aliphatic heterocycles. The van der Waals surface area contributed by atoms with Gasteiger partial charge in [-0.3, -0.25) is 0 Å². The highest BCUT2D eigenvalue weighted by molar-refractivity contribution is 5.69. The maximum atomic E-state index is 12.3. The van der Waals surface area contributed by atoms with E-state index in [-0.39, 0.29) is 11.6 Å². The standard InChI is InChI=1S/C16H32N2O2/c1-15(2,3)18(14(19)20-16(4,5)6)12-11-17-10-9-13-7-8-13/h13,17H,7-12H2,1-6H3. The lowest BCUT2D eigenvalue weighted by Crippen LogP contribution is -2.50. The fourth-order valence-electron chi connectivity index (χ4n) is 2.05. The lowest BCUT2D eigenvalue weighted by Gasteiger charge is -2.36. The third-order valence-electron chi connectivity index (χ3n) is 3.36. The topological polar surface area (TPSA) is 41.6 Å². The van der Waals surface area contributed by atoms with Gasteiger partial charge in [-0.25, -0.2) is 4.79 Å². The maximum Gasteiger partial charge on any atom is 0.410 e. The first-order chi connectivity index (χ1) is 9.09. The number of carbonyl (C=O) groups is 1. The first-order valence-electron chi connectivity index (χ1n) is 7.81. The Morgan fingerprint density at radius 3 is 2.20 bits per heavy atom. The van der Waals surface area contributed by atoms with Crippen molar-refractivity contribution in [3.8, 4) is 0 Å². The van der Waals surface area contributed by atoms with Crippen molar-refractivity contribution in [2.45, 2.75) is 71.9 Å². The quantitative estimate of drug-likeness (QED) is 0.760. The van der Waals surface area contributed by atoms with Crippen molar-refractivity contribution in [2.75, 3.05) is 19.6 Å². The molecule has 0 heterocycles. The second kappa shape index (κ2) is 6.79. The maximum absolute atomic E-state index is 12.3. The molecule has 0 spiro atoms. The van der Waals surface area contributed by atoms with Gasteiger partial charge in [-0.15, -0.1) is 0 Å². The van der Waals surface area contributed by atoms with Crippen LogP contribution in [-0.2, 0) is 4.74 Å². The summed E-state index contributed by atoms with van der Waals surface area (Å²) in [5.74, 6) is 0.951. The van der Waals surface area contributed by atoms with Gasteiger partial charge in [0.2, 0.25) is 0 Å². The minimum Gasteiger partial charge on any atom is -0.444 e. The van der Waals surface area contributed by atoms with Crippen LogP contribution in [-0.4, -0.2) is 41.8 Å². The van der Waals surface area contributed by atoms with Gasteiger partial charge in [-0.1, -0.05) is 12.8 Å². The van der Waals surface area contributed by atoms with Gasteiger partial charge in [0, 0.05) is 18.6 Å². The van der Waals surface area contributed by atoms with E-state index in [2.05, 4.69) is 5.32 Å². The predicted octanol–water partition coefficient (Wildman–Crippen LogP) is 3.41. The van der Waals surface area contributed by atoms with Gasteiger partial charge in [0.25, 0.3) is 0 Å². The minimum atomic E-state index is -0.444. The van der Waals surface area contributed by atoms with Crippen molar-refractivity contribution in [2.24, 2.45) is 5.92 Å². The summed E-state index contributed by atoms with van der Waals surface area (Å²) in [6.07, 6.45) is 3.83. The Morgan fingerprint density at radius 1 is 1.15 bits per heavy atom. The van der Waals surface area contributed by atoms with Gasteiger partial charge >= 0.3 is 6.09 Å².